The van der Waals surface area contributed by atoms with Gasteiger partial charge in [0.1, 0.15) is 23.2 Å². The summed E-state index contributed by atoms with van der Waals surface area (Å²) in [6.07, 6.45) is 1.91. The van der Waals surface area contributed by atoms with Crippen molar-refractivity contribution in [3.05, 3.63) is 35.4 Å². The molecule has 1 saturated heterocycles. The molecule has 1 amide bonds. The van der Waals surface area contributed by atoms with E-state index in [1.807, 2.05) is 0 Å². The van der Waals surface area contributed by atoms with Gasteiger partial charge in [-0.1, -0.05) is 6.07 Å². The zero-order valence-electron chi connectivity index (χ0n) is 11.8. The molecule has 0 aromatic heterocycles. The summed E-state index contributed by atoms with van der Waals surface area (Å²) in [7, 11) is 0. The fourth-order valence-electron chi connectivity index (χ4n) is 2.50. The second kappa shape index (κ2) is 6.65. The Bertz CT molecular complexity index is 527. The highest BCUT2D eigenvalue weighted by Crippen LogP contribution is 2.23. The van der Waals surface area contributed by atoms with E-state index >= 15 is 0 Å². The monoisotopic (exact) mass is 297 g/mol. The fraction of sp³-hybridized carbons (Fsp3) is 0.467. The van der Waals surface area contributed by atoms with E-state index in [0.29, 0.717) is 12.8 Å². The molecule has 1 aliphatic heterocycles. The Labute approximate surface area is 121 Å². The van der Waals surface area contributed by atoms with E-state index in [-0.39, 0.29) is 13.2 Å². The van der Waals surface area contributed by atoms with Gasteiger partial charge < -0.3 is 9.64 Å². The van der Waals surface area contributed by atoms with Crippen LogP contribution in [0.1, 0.15) is 36.5 Å². The molecular formula is C15H17F2NO3. The molecule has 21 heavy (non-hydrogen) atoms. The maximum absolute atomic E-state index is 13.7. The van der Waals surface area contributed by atoms with E-state index in [4.69, 9.17) is 4.74 Å². The van der Waals surface area contributed by atoms with Gasteiger partial charge in [0.15, 0.2) is 0 Å². The molecule has 1 heterocycles. The van der Waals surface area contributed by atoms with Gasteiger partial charge in [-0.3, -0.25) is 4.79 Å². The van der Waals surface area contributed by atoms with E-state index in [1.54, 1.807) is 6.92 Å². The van der Waals surface area contributed by atoms with Crippen LogP contribution in [0.25, 0.3) is 0 Å². The van der Waals surface area contributed by atoms with Gasteiger partial charge in [-0.2, -0.15) is 0 Å². The van der Waals surface area contributed by atoms with Gasteiger partial charge in [0.2, 0.25) is 0 Å². The van der Waals surface area contributed by atoms with Crippen LogP contribution in [0.3, 0.4) is 0 Å². The van der Waals surface area contributed by atoms with E-state index in [9.17, 15) is 18.4 Å². The maximum Gasteiger partial charge on any atom is 0.328 e. The van der Waals surface area contributed by atoms with Gasteiger partial charge in [-0.25, -0.2) is 13.6 Å². The number of carbonyl (C=O) groups is 2. The Morgan fingerprint density at radius 1 is 1.29 bits per heavy atom. The standard InChI is InChI=1S/C15H17F2NO3/c1-2-21-15(20)12-8-3-4-9-18(12)14(19)13-10(16)6-5-7-11(13)17/h5-7,12H,2-4,8-9H2,1H3. The van der Waals surface area contributed by atoms with Crippen LogP contribution in [-0.2, 0) is 9.53 Å². The number of nitrogens with zero attached hydrogens (tertiary/aromatic N) is 1. The molecule has 114 valence electrons. The minimum absolute atomic E-state index is 0.200. The minimum atomic E-state index is -0.923. The lowest BCUT2D eigenvalue weighted by molar-refractivity contribution is -0.149. The van der Waals surface area contributed by atoms with Crippen LogP contribution in [0.15, 0.2) is 18.2 Å². The van der Waals surface area contributed by atoms with Crippen LogP contribution in [0.2, 0.25) is 0 Å². The molecule has 1 aromatic rings. The predicted molar refractivity (Wildman–Crippen MR) is 71.7 cm³/mol. The Kier molecular flexibility index (Phi) is 4.88. The Morgan fingerprint density at radius 3 is 2.57 bits per heavy atom. The molecule has 0 bridgehead atoms. The summed E-state index contributed by atoms with van der Waals surface area (Å²) in [5.74, 6) is -3.17. The molecule has 2 rings (SSSR count). The number of carbonyl (C=O) groups excluding carboxylic acids is 2. The van der Waals surface area contributed by atoms with E-state index in [1.165, 1.54) is 11.0 Å². The van der Waals surface area contributed by atoms with Crippen LogP contribution in [0, 0.1) is 11.6 Å². The number of hydrogen-bond acceptors (Lipinski definition) is 3. The van der Waals surface area contributed by atoms with Gasteiger partial charge in [0.05, 0.1) is 6.61 Å². The number of piperidine rings is 1. The van der Waals surface area contributed by atoms with Crippen molar-refractivity contribution in [2.45, 2.75) is 32.2 Å². The first-order valence-corrected chi connectivity index (χ1v) is 6.98. The molecule has 1 aliphatic rings. The molecule has 1 fully saturated rings. The first kappa shape index (κ1) is 15.4. The smallest absolute Gasteiger partial charge is 0.328 e. The number of amides is 1. The molecule has 0 radical (unpaired) electrons. The Balaban J connectivity index is 2.29. The van der Waals surface area contributed by atoms with E-state index in [0.717, 1.165) is 18.6 Å². The number of likely N-dealkylation sites (tertiary alicyclic amines) is 1. The van der Waals surface area contributed by atoms with Crippen molar-refractivity contribution in [2.75, 3.05) is 13.2 Å². The fourth-order valence-corrected chi connectivity index (χ4v) is 2.50. The van der Waals surface area contributed by atoms with Crippen molar-refractivity contribution < 1.29 is 23.1 Å². The molecule has 6 heteroatoms. The lowest BCUT2D eigenvalue weighted by atomic mass is 10.0. The molecule has 1 atom stereocenters. The van der Waals surface area contributed by atoms with Crippen molar-refractivity contribution in [1.29, 1.82) is 0 Å². The lowest BCUT2D eigenvalue weighted by Crippen LogP contribution is -2.49. The Morgan fingerprint density at radius 2 is 1.95 bits per heavy atom. The number of ether oxygens (including phenoxy) is 1. The summed E-state index contributed by atoms with van der Waals surface area (Å²) >= 11 is 0. The number of benzene rings is 1. The number of esters is 1. The summed E-state index contributed by atoms with van der Waals surface area (Å²) in [5, 5.41) is 0. The summed E-state index contributed by atoms with van der Waals surface area (Å²) < 4.78 is 32.4. The Hall–Kier alpha value is -1.98. The third-order valence-corrected chi connectivity index (χ3v) is 3.50. The minimum Gasteiger partial charge on any atom is -0.464 e. The highest BCUT2D eigenvalue weighted by atomic mass is 19.1. The average Bonchev–Trinajstić information content (AvgIpc) is 2.47. The molecule has 1 unspecified atom stereocenters. The van der Waals surface area contributed by atoms with Gasteiger partial charge in [-0.15, -0.1) is 0 Å². The molecular weight excluding hydrogens is 280 g/mol. The third kappa shape index (κ3) is 3.20. The van der Waals surface area contributed by atoms with Crippen molar-refractivity contribution in [3.8, 4) is 0 Å². The van der Waals surface area contributed by atoms with Crippen LogP contribution < -0.4 is 0 Å². The van der Waals surface area contributed by atoms with Crippen LogP contribution in [0.4, 0.5) is 8.78 Å². The number of rotatable bonds is 3. The molecule has 0 N–H and O–H groups in total. The second-order valence-corrected chi connectivity index (χ2v) is 4.86. The first-order chi connectivity index (χ1) is 10.1. The highest BCUT2D eigenvalue weighted by molar-refractivity contribution is 5.97. The first-order valence-electron chi connectivity index (χ1n) is 6.98. The lowest BCUT2D eigenvalue weighted by Gasteiger charge is -2.34. The zero-order valence-corrected chi connectivity index (χ0v) is 11.8. The summed E-state index contributed by atoms with van der Waals surface area (Å²) in [6, 6.07) is 2.48. The van der Waals surface area contributed by atoms with Crippen molar-refractivity contribution in [3.63, 3.8) is 0 Å². The van der Waals surface area contributed by atoms with Gasteiger partial charge in [0.25, 0.3) is 5.91 Å². The van der Waals surface area contributed by atoms with Gasteiger partial charge >= 0.3 is 5.97 Å². The van der Waals surface area contributed by atoms with E-state index in [2.05, 4.69) is 0 Å². The zero-order chi connectivity index (χ0) is 15.4. The summed E-state index contributed by atoms with van der Waals surface area (Å²) in [5.41, 5.74) is -0.617. The van der Waals surface area contributed by atoms with Crippen molar-refractivity contribution in [2.24, 2.45) is 0 Å². The molecule has 0 aliphatic carbocycles. The largest absolute Gasteiger partial charge is 0.464 e. The maximum atomic E-state index is 13.7. The number of hydrogen-bond donors (Lipinski definition) is 0. The second-order valence-electron chi connectivity index (χ2n) is 4.86. The molecule has 0 spiro atoms. The van der Waals surface area contributed by atoms with Crippen LogP contribution in [-0.4, -0.2) is 36.0 Å². The van der Waals surface area contributed by atoms with Gasteiger partial charge in [0, 0.05) is 6.54 Å². The summed E-state index contributed by atoms with van der Waals surface area (Å²) in [6.45, 7) is 2.16. The number of halogens is 2. The molecule has 0 saturated carbocycles. The molecule has 1 aromatic carbocycles. The highest BCUT2D eigenvalue weighted by Gasteiger charge is 2.35. The van der Waals surface area contributed by atoms with Gasteiger partial charge in [-0.05, 0) is 38.3 Å². The van der Waals surface area contributed by atoms with Crippen molar-refractivity contribution >= 4 is 11.9 Å². The molecule has 4 nitrogen and oxygen atoms in total. The quantitative estimate of drug-likeness (QED) is 0.805. The average molecular weight is 297 g/mol. The van der Waals surface area contributed by atoms with Crippen molar-refractivity contribution in [1.82, 2.24) is 4.90 Å². The van der Waals surface area contributed by atoms with E-state index < -0.39 is 35.1 Å². The van der Waals surface area contributed by atoms with Crippen LogP contribution in [0.5, 0.6) is 0 Å². The topological polar surface area (TPSA) is 46.6 Å². The summed E-state index contributed by atoms with van der Waals surface area (Å²) in [4.78, 5) is 25.5. The SMILES string of the molecule is CCOC(=O)C1CCCCN1C(=O)c1c(F)cccc1F. The normalized spacial score (nSPS) is 18.4. The third-order valence-electron chi connectivity index (χ3n) is 3.50. The van der Waals surface area contributed by atoms with Crippen LogP contribution >= 0.6 is 0 Å². The predicted octanol–water partition coefficient (Wildman–Crippen LogP) is 2.52.